The van der Waals surface area contributed by atoms with Gasteiger partial charge in [-0.15, -0.1) is 0 Å². The second-order valence-corrected chi connectivity index (χ2v) is 5.61. The Kier molecular flexibility index (Phi) is 4.74. The summed E-state index contributed by atoms with van der Waals surface area (Å²) in [6.07, 6.45) is 3.34. The van der Waals surface area contributed by atoms with Gasteiger partial charge in [-0.3, -0.25) is 4.79 Å². The van der Waals surface area contributed by atoms with Crippen LogP contribution in [0.1, 0.15) is 16.7 Å². The van der Waals surface area contributed by atoms with E-state index in [-0.39, 0.29) is 5.91 Å². The van der Waals surface area contributed by atoms with E-state index in [1.165, 1.54) is 0 Å². The zero-order valence-corrected chi connectivity index (χ0v) is 13.1. The number of hydrogen-bond donors (Lipinski definition) is 1. The number of rotatable bonds is 3. The standard InChI is InChI=1S/C17H16BrNO/c1-12-6-7-13(2)16(10-12)19-17(20)9-8-14-4-3-5-15(18)11-14/h3-11H,1-2H3,(H,19,20)/b9-8+. The molecule has 0 unspecified atom stereocenters. The number of nitrogens with one attached hydrogen (secondary N) is 1. The van der Waals surface area contributed by atoms with Crippen LogP contribution in [0.15, 0.2) is 53.0 Å². The second kappa shape index (κ2) is 6.53. The van der Waals surface area contributed by atoms with Crippen LogP contribution in [0.4, 0.5) is 5.69 Å². The molecular weight excluding hydrogens is 314 g/mol. The van der Waals surface area contributed by atoms with Gasteiger partial charge in [0.1, 0.15) is 0 Å². The Labute approximate surface area is 127 Å². The molecule has 0 radical (unpaired) electrons. The van der Waals surface area contributed by atoms with Crippen molar-refractivity contribution in [1.82, 2.24) is 0 Å². The van der Waals surface area contributed by atoms with Gasteiger partial charge < -0.3 is 5.32 Å². The minimum atomic E-state index is -0.126. The topological polar surface area (TPSA) is 29.1 Å². The summed E-state index contributed by atoms with van der Waals surface area (Å²) in [4.78, 5) is 11.9. The molecule has 2 aromatic rings. The number of benzene rings is 2. The maximum Gasteiger partial charge on any atom is 0.248 e. The first-order valence-corrected chi connectivity index (χ1v) is 7.16. The van der Waals surface area contributed by atoms with Crippen LogP contribution in [0.25, 0.3) is 6.08 Å². The SMILES string of the molecule is Cc1ccc(C)c(NC(=O)/C=C/c2cccc(Br)c2)c1. The van der Waals surface area contributed by atoms with Crippen LogP contribution in [-0.2, 0) is 4.79 Å². The van der Waals surface area contributed by atoms with E-state index in [1.54, 1.807) is 12.2 Å². The van der Waals surface area contributed by atoms with Gasteiger partial charge in [-0.25, -0.2) is 0 Å². The molecule has 0 aromatic heterocycles. The molecule has 20 heavy (non-hydrogen) atoms. The van der Waals surface area contributed by atoms with E-state index in [9.17, 15) is 4.79 Å². The van der Waals surface area contributed by atoms with Gasteiger partial charge in [0, 0.05) is 16.2 Å². The lowest BCUT2D eigenvalue weighted by molar-refractivity contribution is -0.111. The number of carbonyl (C=O) groups excluding carboxylic acids is 1. The summed E-state index contributed by atoms with van der Waals surface area (Å²) >= 11 is 3.41. The minimum Gasteiger partial charge on any atom is -0.322 e. The highest BCUT2D eigenvalue weighted by molar-refractivity contribution is 9.10. The highest BCUT2D eigenvalue weighted by Crippen LogP contribution is 2.17. The quantitative estimate of drug-likeness (QED) is 0.811. The van der Waals surface area contributed by atoms with Crippen LogP contribution in [0.3, 0.4) is 0 Å². The van der Waals surface area contributed by atoms with Crippen LogP contribution in [0, 0.1) is 13.8 Å². The molecule has 1 amide bonds. The van der Waals surface area contributed by atoms with Gasteiger partial charge in [0.15, 0.2) is 0 Å². The van der Waals surface area contributed by atoms with E-state index in [2.05, 4.69) is 21.2 Å². The van der Waals surface area contributed by atoms with Crippen molar-refractivity contribution in [3.05, 3.63) is 69.7 Å². The van der Waals surface area contributed by atoms with Crippen molar-refractivity contribution in [1.29, 1.82) is 0 Å². The van der Waals surface area contributed by atoms with Crippen LogP contribution in [0.2, 0.25) is 0 Å². The van der Waals surface area contributed by atoms with E-state index in [4.69, 9.17) is 0 Å². The third-order valence-electron chi connectivity index (χ3n) is 2.93. The predicted molar refractivity (Wildman–Crippen MR) is 87.7 cm³/mol. The fourth-order valence-electron chi connectivity index (χ4n) is 1.83. The highest BCUT2D eigenvalue weighted by atomic mass is 79.9. The Balaban J connectivity index is 2.07. The molecule has 3 heteroatoms. The molecule has 0 aliphatic rings. The molecule has 1 N–H and O–H groups in total. The van der Waals surface area contributed by atoms with Gasteiger partial charge in [0.25, 0.3) is 0 Å². The molecule has 2 nitrogen and oxygen atoms in total. The van der Waals surface area contributed by atoms with E-state index in [0.29, 0.717) is 0 Å². The maximum absolute atomic E-state index is 11.9. The van der Waals surface area contributed by atoms with Gasteiger partial charge in [0.2, 0.25) is 5.91 Å². The summed E-state index contributed by atoms with van der Waals surface area (Å²) < 4.78 is 0.995. The monoisotopic (exact) mass is 329 g/mol. The Morgan fingerprint density at radius 2 is 1.95 bits per heavy atom. The number of aryl methyl sites for hydroxylation is 2. The Bertz CT molecular complexity index is 662. The van der Waals surface area contributed by atoms with E-state index in [1.807, 2.05) is 56.3 Å². The van der Waals surface area contributed by atoms with E-state index >= 15 is 0 Å². The summed E-state index contributed by atoms with van der Waals surface area (Å²) in [5.74, 6) is -0.126. The lowest BCUT2D eigenvalue weighted by atomic mass is 10.1. The van der Waals surface area contributed by atoms with Crippen LogP contribution in [-0.4, -0.2) is 5.91 Å². The third-order valence-corrected chi connectivity index (χ3v) is 3.42. The zero-order chi connectivity index (χ0) is 14.5. The first-order valence-electron chi connectivity index (χ1n) is 6.36. The number of carbonyl (C=O) groups is 1. The molecule has 102 valence electrons. The summed E-state index contributed by atoms with van der Waals surface area (Å²) in [7, 11) is 0. The molecule has 0 aliphatic heterocycles. The molecule has 0 saturated heterocycles. The molecule has 0 atom stereocenters. The Hall–Kier alpha value is -1.87. The van der Waals surface area contributed by atoms with Gasteiger partial charge in [-0.2, -0.15) is 0 Å². The van der Waals surface area contributed by atoms with Crippen molar-refractivity contribution in [3.63, 3.8) is 0 Å². The van der Waals surface area contributed by atoms with E-state index in [0.717, 1.165) is 26.9 Å². The van der Waals surface area contributed by atoms with Gasteiger partial charge >= 0.3 is 0 Å². The molecule has 0 bridgehead atoms. The van der Waals surface area contributed by atoms with Gasteiger partial charge in [-0.1, -0.05) is 40.2 Å². The number of hydrogen-bond acceptors (Lipinski definition) is 1. The van der Waals surface area contributed by atoms with Crippen molar-refractivity contribution in [3.8, 4) is 0 Å². The first kappa shape index (κ1) is 14.5. The Morgan fingerprint density at radius 1 is 1.15 bits per heavy atom. The fourth-order valence-corrected chi connectivity index (χ4v) is 2.24. The average Bonchev–Trinajstić information content (AvgIpc) is 2.41. The second-order valence-electron chi connectivity index (χ2n) is 4.70. The molecule has 0 fully saturated rings. The minimum absolute atomic E-state index is 0.126. The number of amides is 1. The molecule has 0 aliphatic carbocycles. The van der Waals surface area contributed by atoms with Crippen molar-refractivity contribution < 1.29 is 4.79 Å². The zero-order valence-electron chi connectivity index (χ0n) is 11.5. The smallest absolute Gasteiger partial charge is 0.248 e. The van der Waals surface area contributed by atoms with Crippen LogP contribution >= 0.6 is 15.9 Å². The van der Waals surface area contributed by atoms with Crippen molar-refractivity contribution in [2.45, 2.75) is 13.8 Å². The predicted octanol–water partition coefficient (Wildman–Crippen LogP) is 4.72. The highest BCUT2D eigenvalue weighted by Gasteiger charge is 2.01. The summed E-state index contributed by atoms with van der Waals surface area (Å²) in [5, 5.41) is 2.90. The van der Waals surface area contributed by atoms with Gasteiger partial charge in [0.05, 0.1) is 0 Å². The molecule has 0 saturated carbocycles. The van der Waals surface area contributed by atoms with Crippen molar-refractivity contribution >= 4 is 33.6 Å². The van der Waals surface area contributed by atoms with Crippen LogP contribution in [0.5, 0.6) is 0 Å². The lowest BCUT2D eigenvalue weighted by Gasteiger charge is -2.07. The summed E-state index contributed by atoms with van der Waals surface area (Å²) in [5.41, 5.74) is 4.02. The van der Waals surface area contributed by atoms with Crippen molar-refractivity contribution in [2.24, 2.45) is 0 Å². The largest absolute Gasteiger partial charge is 0.322 e. The lowest BCUT2D eigenvalue weighted by Crippen LogP contribution is -2.09. The number of anilines is 1. The maximum atomic E-state index is 11.9. The Morgan fingerprint density at radius 3 is 2.70 bits per heavy atom. The van der Waals surface area contributed by atoms with E-state index < -0.39 is 0 Å². The molecular formula is C17H16BrNO. The molecule has 0 heterocycles. The fraction of sp³-hybridized carbons (Fsp3) is 0.118. The molecule has 2 rings (SSSR count). The molecule has 0 spiro atoms. The third kappa shape index (κ3) is 4.07. The normalized spacial score (nSPS) is 10.8. The number of halogens is 1. The van der Waals surface area contributed by atoms with Crippen LogP contribution < -0.4 is 5.32 Å². The summed E-state index contributed by atoms with van der Waals surface area (Å²) in [6, 6.07) is 13.8. The van der Waals surface area contributed by atoms with Crippen molar-refractivity contribution in [2.75, 3.05) is 5.32 Å². The first-order chi connectivity index (χ1) is 9.54. The molecule has 2 aromatic carbocycles. The summed E-state index contributed by atoms with van der Waals surface area (Å²) in [6.45, 7) is 3.99. The average molecular weight is 330 g/mol. The van der Waals surface area contributed by atoms with Gasteiger partial charge in [-0.05, 0) is 54.8 Å².